The van der Waals surface area contributed by atoms with Gasteiger partial charge in [0.2, 0.25) is 11.8 Å². The van der Waals surface area contributed by atoms with Crippen LogP contribution in [0, 0.1) is 11.3 Å². The van der Waals surface area contributed by atoms with Gasteiger partial charge in [0, 0.05) is 5.69 Å². The fraction of sp³-hybridized carbons (Fsp3) is 0.467. The zero-order valence-corrected chi connectivity index (χ0v) is 11.2. The highest BCUT2D eigenvalue weighted by Crippen LogP contribution is 2.75. The number of nitrogens with one attached hydrogen (secondary N) is 2. The Morgan fingerprint density at radius 3 is 2.32 bits per heavy atom. The van der Waals surface area contributed by atoms with Gasteiger partial charge in [-0.3, -0.25) is 9.59 Å². The third kappa shape index (κ3) is 2.11. The summed E-state index contributed by atoms with van der Waals surface area (Å²) in [7, 11) is 0. The van der Waals surface area contributed by atoms with Crippen molar-refractivity contribution in [1.29, 1.82) is 0 Å². The average Bonchev–Trinajstić information content (AvgIpc) is 3.17. The van der Waals surface area contributed by atoms with Crippen LogP contribution in [0.1, 0.15) is 26.7 Å². The van der Waals surface area contributed by atoms with Gasteiger partial charge in [-0.1, -0.05) is 18.2 Å². The molecule has 0 unspecified atom stereocenters. The van der Waals surface area contributed by atoms with E-state index < -0.39 is 5.54 Å². The molecule has 0 spiro atoms. The summed E-state index contributed by atoms with van der Waals surface area (Å²) in [5, 5.41) is 5.69. The maximum Gasteiger partial charge on any atom is 0.249 e. The molecule has 2 saturated carbocycles. The van der Waals surface area contributed by atoms with Gasteiger partial charge in [-0.05, 0) is 44.7 Å². The minimum Gasteiger partial charge on any atom is -0.342 e. The highest BCUT2D eigenvalue weighted by Gasteiger charge is 2.74. The normalized spacial score (nSPS) is 27.2. The topological polar surface area (TPSA) is 58.2 Å². The summed E-state index contributed by atoms with van der Waals surface area (Å²) in [5.41, 5.74) is -0.259. The van der Waals surface area contributed by atoms with Gasteiger partial charge >= 0.3 is 0 Å². The molecular formula is C15H18N2O2. The fourth-order valence-corrected chi connectivity index (χ4v) is 2.35. The summed E-state index contributed by atoms with van der Waals surface area (Å²) in [6, 6.07) is 9.26. The monoisotopic (exact) mass is 258 g/mol. The van der Waals surface area contributed by atoms with Crippen molar-refractivity contribution in [2.45, 2.75) is 32.2 Å². The number of benzene rings is 1. The number of para-hydroxylation sites is 1. The van der Waals surface area contributed by atoms with Gasteiger partial charge in [0.1, 0.15) is 5.54 Å². The molecule has 19 heavy (non-hydrogen) atoms. The third-order valence-corrected chi connectivity index (χ3v) is 4.16. The molecule has 2 aliphatic rings. The molecule has 0 saturated heterocycles. The van der Waals surface area contributed by atoms with E-state index in [0.29, 0.717) is 5.92 Å². The average molecular weight is 258 g/mol. The van der Waals surface area contributed by atoms with Gasteiger partial charge in [0.25, 0.3) is 0 Å². The van der Waals surface area contributed by atoms with Gasteiger partial charge in [-0.15, -0.1) is 0 Å². The minimum atomic E-state index is -0.891. The van der Waals surface area contributed by atoms with Crippen molar-refractivity contribution in [3.63, 3.8) is 0 Å². The molecule has 0 atom stereocenters. The summed E-state index contributed by atoms with van der Waals surface area (Å²) in [6.07, 6.45) is 1.99. The molecule has 1 aromatic carbocycles. The lowest BCUT2D eigenvalue weighted by Gasteiger charge is -2.26. The minimum absolute atomic E-state index is 0.0331. The number of carbonyl (C=O) groups is 2. The second kappa shape index (κ2) is 3.83. The number of rotatable bonds is 4. The van der Waals surface area contributed by atoms with Crippen molar-refractivity contribution in [1.82, 2.24) is 5.32 Å². The molecule has 2 fully saturated rings. The Balaban J connectivity index is 1.62. The summed E-state index contributed by atoms with van der Waals surface area (Å²) in [6.45, 7) is 3.47. The van der Waals surface area contributed by atoms with E-state index in [4.69, 9.17) is 0 Å². The quantitative estimate of drug-likeness (QED) is 0.867. The first-order valence-electron chi connectivity index (χ1n) is 6.63. The highest BCUT2D eigenvalue weighted by atomic mass is 16.2. The van der Waals surface area contributed by atoms with Crippen LogP contribution in [0.5, 0.6) is 0 Å². The lowest BCUT2D eigenvalue weighted by molar-refractivity contribution is -0.131. The lowest BCUT2D eigenvalue weighted by Crippen LogP contribution is -2.53. The first-order chi connectivity index (χ1) is 8.94. The molecule has 4 nitrogen and oxygen atoms in total. The van der Waals surface area contributed by atoms with E-state index in [0.717, 1.165) is 18.5 Å². The van der Waals surface area contributed by atoms with Crippen LogP contribution in [0.25, 0.3) is 0 Å². The second-order valence-corrected chi connectivity index (χ2v) is 6.16. The molecule has 0 aliphatic heterocycles. The first-order valence-corrected chi connectivity index (χ1v) is 6.63. The first kappa shape index (κ1) is 12.2. The maximum atomic E-state index is 12.2. The summed E-state index contributed by atoms with van der Waals surface area (Å²) in [5.74, 6) is 0.424. The Labute approximate surface area is 112 Å². The van der Waals surface area contributed by atoms with E-state index >= 15 is 0 Å². The van der Waals surface area contributed by atoms with Crippen LogP contribution < -0.4 is 10.6 Å². The van der Waals surface area contributed by atoms with Crippen LogP contribution in [-0.2, 0) is 9.59 Å². The Hall–Kier alpha value is -1.84. The molecule has 0 radical (unpaired) electrons. The molecule has 0 aromatic heterocycles. The molecular weight excluding hydrogens is 240 g/mol. The smallest absolute Gasteiger partial charge is 0.249 e. The molecule has 2 aliphatic carbocycles. The summed E-state index contributed by atoms with van der Waals surface area (Å²) in [4.78, 5) is 24.3. The van der Waals surface area contributed by atoms with Crippen molar-refractivity contribution in [2.75, 3.05) is 5.32 Å². The maximum absolute atomic E-state index is 12.2. The predicted octanol–water partition coefficient (Wildman–Crippen LogP) is 1.93. The van der Waals surface area contributed by atoms with Crippen molar-refractivity contribution in [2.24, 2.45) is 11.3 Å². The molecule has 2 amide bonds. The van der Waals surface area contributed by atoms with E-state index in [1.54, 1.807) is 13.8 Å². The Kier molecular flexibility index (Phi) is 2.46. The van der Waals surface area contributed by atoms with Gasteiger partial charge in [0.05, 0.1) is 5.41 Å². The van der Waals surface area contributed by atoms with E-state index in [2.05, 4.69) is 10.6 Å². The molecule has 1 aromatic rings. The number of hydrogen-bond donors (Lipinski definition) is 2. The summed E-state index contributed by atoms with van der Waals surface area (Å²) < 4.78 is 0. The number of hydrogen-bond acceptors (Lipinski definition) is 2. The second-order valence-electron chi connectivity index (χ2n) is 6.16. The van der Waals surface area contributed by atoms with Gasteiger partial charge in [-0.2, -0.15) is 0 Å². The highest BCUT2D eigenvalue weighted by molar-refractivity contribution is 6.01. The Morgan fingerprint density at radius 2 is 1.79 bits per heavy atom. The van der Waals surface area contributed by atoms with Gasteiger partial charge in [-0.25, -0.2) is 0 Å². The number of amides is 2. The van der Waals surface area contributed by atoms with Crippen molar-refractivity contribution in [3.8, 4) is 0 Å². The Morgan fingerprint density at radius 1 is 1.21 bits per heavy atom. The van der Waals surface area contributed by atoms with Crippen LogP contribution in [-0.4, -0.2) is 17.4 Å². The van der Waals surface area contributed by atoms with Crippen LogP contribution in [0.2, 0.25) is 0 Å². The SMILES string of the molecule is CC(C)(NC(=O)C12CC1C2)C(=O)Nc1ccccc1. The molecule has 4 heteroatoms. The largest absolute Gasteiger partial charge is 0.342 e. The van der Waals surface area contributed by atoms with Crippen LogP contribution in [0.15, 0.2) is 30.3 Å². The van der Waals surface area contributed by atoms with Gasteiger partial charge < -0.3 is 10.6 Å². The van der Waals surface area contributed by atoms with Crippen LogP contribution in [0.4, 0.5) is 5.69 Å². The lowest BCUT2D eigenvalue weighted by atomic mass is 10.0. The molecule has 0 bridgehead atoms. The number of fused-ring (bicyclic) bond motifs is 1. The number of carbonyl (C=O) groups excluding carboxylic acids is 2. The van der Waals surface area contributed by atoms with Crippen molar-refractivity contribution in [3.05, 3.63) is 30.3 Å². The van der Waals surface area contributed by atoms with Crippen molar-refractivity contribution >= 4 is 17.5 Å². The van der Waals surface area contributed by atoms with Crippen LogP contribution in [0.3, 0.4) is 0 Å². The molecule has 100 valence electrons. The molecule has 3 rings (SSSR count). The van der Waals surface area contributed by atoms with E-state index in [1.807, 2.05) is 30.3 Å². The number of anilines is 1. The van der Waals surface area contributed by atoms with E-state index in [1.165, 1.54) is 0 Å². The standard InChI is InChI=1S/C15H18N2O2/c1-14(2,17-13(19)15-8-10(15)9-15)12(18)16-11-6-4-3-5-7-11/h3-7,10H,8-9H2,1-2H3,(H,16,18)(H,17,19). The van der Waals surface area contributed by atoms with E-state index in [9.17, 15) is 9.59 Å². The van der Waals surface area contributed by atoms with E-state index in [-0.39, 0.29) is 17.2 Å². The zero-order valence-electron chi connectivity index (χ0n) is 11.2. The summed E-state index contributed by atoms with van der Waals surface area (Å²) >= 11 is 0. The predicted molar refractivity (Wildman–Crippen MR) is 72.5 cm³/mol. The third-order valence-electron chi connectivity index (χ3n) is 4.16. The fourth-order valence-electron chi connectivity index (χ4n) is 2.35. The van der Waals surface area contributed by atoms with Crippen LogP contribution >= 0.6 is 0 Å². The zero-order chi connectivity index (χ0) is 13.7. The molecule has 2 N–H and O–H groups in total. The molecule has 0 heterocycles. The van der Waals surface area contributed by atoms with Gasteiger partial charge in [0.15, 0.2) is 0 Å². The van der Waals surface area contributed by atoms with Crippen molar-refractivity contribution < 1.29 is 9.59 Å². The Bertz CT molecular complexity index is 530.